The van der Waals surface area contributed by atoms with E-state index in [1.807, 2.05) is 30.3 Å². The predicted octanol–water partition coefficient (Wildman–Crippen LogP) is 2.56. The highest BCUT2D eigenvalue weighted by Gasteiger charge is 2.53. The molecule has 2 aliphatic heterocycles. The Labute approximate surface area is 173 Å². The lowest BCUT2D eigenvalue weighted by Crippen LogP contribution is -2.59. The van der Waals surface area contributed by atoms with E-state index in [9.17, 15) is 18.8 Å². The van der Waals surface area contributed by atoms with E-state index >= 15 is 0 Å². The first kappa shape index (κ1) is 19.9. The Hall–Kier alpha value is -3.42. The Morgan fingerprint density at radius 2 is 1.97 bits per heavy atom. The maximum atomic E-state index is 14.0. The average molecular weight is 411 g/mol. The van der Waals surface area contributed by atoms with Crippen molar-refractivity contribution in [3.05, 3.63) is 65.5 Å². The Bertz CT molecular complexity index is 997. The Kier molecular flexibility index (Phi) is 5.15. The molecular formula is C22H22FN3O4. The van der Waals surface area contributed by atoms with Crippen molar-refractivity contribution in [2.75, 3.05) is 20.2 Å². The van der Waals surface area contributed by atoms with Crippen molar-refractivity contribution in [1.82, 2.24) is 15.1 Å². The lowest BCUT2D eigenvalue weighted by Gasteiger charge is -2.38. The van der Waals surface area contributed by atoms with Gasteiger partial charge >= 0.3 is 6.03 Å². The molecule has 1 N–H and O–H groups in total. The number of rotatable bonds is 4. The van der Waals surface area contributed by atoms with Crippen LogP contribution in [-0.4, -0.2) is 53.4 Å². The molecule has 2 heterocycles. The number of imide groups is 1. The third-order valence-corrected chi connectivity index (χ3v) is 5.61. The van der Waals surface area contributed by atoms with Gasteiger partial charge in [0.1, 0.15) is 5.54 Å². The van der Waals surface area contributed by atoms with Crippen LogP contribution >= 0.6 is 0 Å². The number of nitrogens with zero attached hydrogens (tertiary/aromatic N) is 2. The standard InChI is InChI=1S/C22H22FN3O4/c1-30-18-9-8-16(12-17(18)23)19(27)25-11-5-10-22(14-25)20(28)26(21(29)24-22)13-15-6-3-2-4-7-15/h2-4,6-9,12H,5,10-11,13-14H2,1H3,(H,24,29)/t22-/m1/s1. The van der Waals surface area contributed by atoms with Crippen LogP contribution in [0.4, 0.5) is 9.18 Å². The summed E-state index contributed by atoms with van der Waals surface area (Å²) in [4.78, 5) is 41.3. The van der Waals surface area contributed by atoms with Gasteiger partial charge in [-0.1, -0.05) is 30.3 Å². The van der Waals surface area contributed by atoms with Crippen LogP contribution in [0, 0.1) is 5.82 Å². The van der Waals surface area contributed by atoms with E-state index in [4.69, 9.17) is 4.74 Å². The fourth-order valence-electron chi connectivity index (χ4n) is 4.07. The van der Waals surface area contributed by atoms with Gasteiger partial charge in [-0.2, -0.15) is 0 Å². The maximum absolute atomic E-state index is 14.0. The molecule has 2 aromatic carbocycles. The number of likely N-dealkylation sites (tertiary alicyclic amines) is 1. The summed E-state index contributed by atoms with van der Waals surface area (Å²) in [6.45, 7) is 0.649. The van der Waals surface area contributed by atoms with Crippen molar-refractivity contribution in [2.45, 2.75) is 24.9 Å². The second kappa shape index (κ2) is 7.78. The van der Waals surface area contributed by atoms with Gasteiger partial charge in [0, 0.05) is 12.1 Å². The molecule has 2 fully saturated rings. The number of ether oxygens (including phenoxy) is 1. The summed E-state index contributed by atoms with van der Waals surface area (Å²) in [5, 5.41) is 2.80. The highest BCUT2D eigenvalue weighted by atomic mass is 19.1. The molecule has 0 bridgehead atoms. The maximum Gasteiger partial charge on any atom is 0.325 e. The zero-order valence-electron chi connectivity index (χ0n) is 16.6. The minimum absolute atomic E-state index is 0.0509. The highest BCUT2D eigenvalue weighted by molar-refractivity contribution is 6.07. The van der Waals surface area contributed by atoms with Gasteiger partial charge in [-0.3, -0.25) is 14.5 Å². The molecule has 1 atom stereocenters. The molecule has 2 aliphatic rings. The molecule has 30 heavy (non-hydrogen) atoms. The molecule has 2 aromatic rings. The van der Waals surface area contributed by atoms with Crippen molar-refractivity contribution in [3.63, 3.8) is 0 Å². The van der Waals surface area contributed by atoms with E-state index in [2.05, 4.69) is 5.32 Å². The second-order valence-electron chi connectivity index (χ2n) is 7.57. The SMILES string of the molecule is COc1ccc(C(=O)N2CCC[C@]3(C2)NC(=O)N(Cc2ccccc2)C3=O)cc1F. The number of hydrogen-bond acceptors (Lipinski definition) is 4. The number of carbonyl (C=O) groups excluding carboxylic acids is 3. The minimum atomic E-state index is -1.15. The van der Waals surface area contributed by atoms with Crippen molar-refractivity contribution in [3.8, 4) is 5.75 Å². The summed E-state index contributed by atoms with van der Waals surface area (Å²) < 4.78 is 18.9. The number of amides is 4. The van der Waals surface area contributed by atoms with Gasteiger partial charge < -0.3 is 15.0 Å². The quantitative estimate of drug-likeness (QED) is 0.785. The monoisotopic (exact) mass is 411 g/mol. The second-order valence-corrected chi connectivity index (χ2v) is 7.57. The van der Waals surface area contributed by atoms with Gasteiger partial charge in [0.25, 0.3) is 11.8 Å². The third-order valence-electron chi connectivity index (χ3n) is 5.61. The van der Waals surface area contributed by atoms with Crippen LogP contribution < -0.4 is 10.1 Å². The molecule has 2 saturated heterocycles. The van der Waals surface area contributed by atoms with Gasteiger partial charge in [0.05, 0.1) is 20.2 Å². The number of methoxy groups -OCH3 is 1. The van der Waals surface area contributed by atoms with Crippen molar-refractivity contribution in [2.24, 2.45) is 0 Å². The molecule has 0 unspecified atom stereocenters. The molecule has 0 aliphatic carbocycles. The van der Waals surface area contributed by atoms with Crippen molar-refractivity contribution in [1.29, 1.82) is 0 Å². The molecule has 7 nitrogen and oxygen atoms in total. The Balaban J connectivity index is 1.53. The molecule has 4 rings (SSSR count). The lowest BCUT2D eigenvalue weighted by atomic mass is 9.88. The van der Waals surface area contributed by atoms with Crippen LogP contribution in [0.1, 0.15) is 28.8 Å². The Morgan fingerprint density at radius 3 is 2.67 bits per heavy atom. The van der Waals surface area contributed by atoms with Crippen LogP contribution in [0.5, 0.6) is 5.75 Å². The fraction of sp³-hybridized carbons (Fsp3) is 0.318. The fourth-order valence-corrected chi connectivity index (χ4v) is 4.07. The molecular weight excluding hydrogens is 389 g/mol. The van der Waals surface area contributed by atoms with Gasteiger partial charge in [0.2, 0.25) is 0 Å². The summed E-state index contributed by atoms with van der Waals surface area (Å²) in [6.07, 6.45) is 0.999. The zero-order chi connectivity index (χ0) is 21.3. The molecule has 8 heteroatoms. The van der Waals surface area contributed by atoms with E-state index in [0.29, 0.717) is 19.4 Å². The van der Waals surface area contributed by atoms with Crippen LogP contribution in [0.2, 0.25) is 0 Å². The summed E-state index contributed by atoms with van der Waals surface area (Å²) >= 11 is 0. The first-order valence-corrected chi connectivity index (χ1v) is 9.74. The predicted molar refractivity (Wildman–Crippen MR) is 106 cm³/mol. The van der Waals surface area contributed by atoms with E-state index in [-0.39, 0.29) is 36.2 Å². The van der Waals surface area contributed by atoms with Gasteiger partial charge in [-0.25, -0.2) is 9.18 Å². The minimum Gasteiger partial charge on any atom is -0.494 e. The number of nitrogens with one attached hydrogen (secondary N) is 1. The van der Waals surface area contributed by atoms with Crippen LogP contribution in [0.25, 0.3) is 0 Å². The lowest BCUT2D eigenvalue weighted by molar-refractivity contribution is -0.133. The third kappa shape index (κ3) is 3.49. The van der Waals surface area contributed by atoms with Crippen molar-refractivity contribution < 1.29 is 23.5 Å². The Morgan fingerprint density at radius 1 is 1.20 bits per heavy atom. The molecule has 0 aromatic heterocycles. The highest BCUT2D eigenvalue weighted by Crippen LogP contribution is 2.30. The first-order chi connectivity index (χ1) is 14.4. The summed E-state index contributed by atoms with van der Waals surface area (Å²) in [5.74, 6) is -1.31. The van der Waals surface area contributed by atoms with Gasteiger partial charge in [-0.05, 0) is 36.6 Å². The van der Waals surface area contributed by atoms with Crippen LogP contribution in [0.15, 0.2) is 48.5 Å². The normalized spacial score (nSPS) is 21.1. The molecule has 0 saturated carbocycles. The smallest absolute Gasteiger partial charge is 0.325 e. The topological polar surface area (TPSA) is 79.0 Å². The number of carbonyl (C=O) groups is 3. The van der Waals surface area contributed by atoms with E-state index < -0.39 is 17.4 Å². The van der Waals surface area contributed by atoms with Crippen LogP contribution in [0.3, 0.4) is 0 Å². The molecule has 1 spiro atoms. The van der Waals surface area contributed by atoms with Crippen molar-refractivity contribution >= 4 is 17.8 Å². The summed E-state index contributed by atoms with van der Waals surface area (Å²) in [7, 11) is 1.35. The van der Waals surface area contributed by atoms with Crippen LogP contribution in [-0.2, 0) is 11.3 Å². The molecule has 0 radical (unpaired) electrons. The number of benzene rings is 2. The number of piperidine rings is 1. The average Bonchev–Trinajstić information content (AvgIpc) is 2.97. The van der Waals surface area contributed by atoms with E-state index in [1.165, 1.54) is 29.0 Å². The summed E-state index contributed by atoms with van der Waals surface area (Å²) in [6, 6.07) is 12.8. The summed E-state index contributed by atoms with van der Waals surface area (Å²) in [5.41, 5.74) is -0.135. The zero-order valence-corrected chi connectivity index (χ0v) is 16.6. The molecule has 4 amide bonds. The van der Waals surface area contributed by atoms with Gasteiger partial charge in [-0.15, -0.1) is 0 Å². The number of urea groups is 1. The largest absolute Gasteiger partial charge is 0.494 e. The van der Waals surface area contributed by atoms with Gasteiger partial charge in [0.15, 0.2) is 11.6 Å². The number of hydrogen-bond donors (Lipinski definition) is 1. The first-order valence-electron chi connectivity index (χ1n) is 9.74. The number of halogens is 1. The van der Waals surface area contributed by atoms with E-state index in [1.54, 1.807) is 0 Å². The molecule has 156 valence electrons. The van der Waals surface area contributed by atoms with E-state index in [0.717, 1.165) is 11.6 Å².